The molecule has 0 radical (unpaired) electrons. The highest BCUT2D eigenvalue weighted by Gasteiger charge is 2.56. The largest absolute Gasteiger partial charge is 0.356 e. The highest BCUT2D eigenvalue weighted by atomic mass is 79.9. The van der Waals surface area contributed by atoms with Crippen LogP contribution in [-0.2, 0) is 4.79 Å². The number of nitrogens with one attached hydrogen (secondary N) is 1. The summed E-state index contributed by atoms with van der Waals surface area (Å²) in [6, 6.07) is 0. The Morgan fingerprint density at radius 1 is 1.47 bits per heavy atom. The molecule has 2 saturated carbocycles. The number of carbonyl (C=O) groups excluding carboxylic acids is 1. The Morgan fingerprint density at radius 2 is 2.13 bits per heavy atom. The summed E-state index contributed by atoms with van der Waals surface area (Å²) in [6.07, 6.45) is 5.07. The van der Waals surface area contributed by atoms with E-state index in [4.69, 9.17) is 0 Å². The van der Waals surface area contributed by atoms with E-state index in [1.54, 1.807) is 0 Å². The maximum atomic E-state index is 11.8. The van der Waals surface area contributed by atoms with Gasteiger partial charge < -0.3 is 5.32 Å². The van der Waals surface area contributed by atoms with E-state index < -0.39 is 0 Å². The van der Waals surface area contributed by atoms with Crippen LogP contribution in [0, 0.1) is 23.7 Å². The van der Waals surface area contributed by atoms with Gasteiger partial charge in [-0.2, -0.15) is 0 Å². The van der Waals surface area contributed by atoms with Crippen LogP contribution in [0.4, 0.5) is 0 Å². The molecule has 0 saturated heterocycles. The molecular formula is C12H20BrNO. The van der Waals surface area contributed by atoms with E-state index in [-0.39, 0.29) is 0 Å². The van der Waals surface area contributed by atoms with Gasteiger partial charge in [-0.05, 0) is 37.0 Å². The Balaban J connectivity index is 1.66. The zero-order chi connectivity index (χ0) is 10.8. The Hall–Kier alpha value is -0.0500. The number of hydrogen-bond donors (Lipinski definition) is 1. The lowest BCUT2D eigenvalue weighted by molar-refractivity contribution is -0.123. The molecule has 0 heterocycles. The van der Waals surface area contributed by atoms with E-state index in [2.05, 4.69) is 28.2 Å². The maximum Gasteiger partial charge on any atom is 0.223 e. The van der Waals surface area contributed by atoms with Gasteiger partial charge in [0.1, 0.15) is 0 Å². The lowest BCUT2D eigenvalue weighted by Crippen LogP contribution is -2.30. The van der Waals surface area contributed by atoms with Gasteiger partial charge in [0, 0.05) is 17.8 Å². The van der Waals surface area contributed by atoms with Crippen molar-refractivity contribution in [2.75, 3.05) is 11.9 Å². The van der Waals surface area contributed by atoms with Crippen LogP contribution < -0.4 is 5.32 Å². The van der Waals surface area contributed by atoms with Crippen molar-refractivity contribution in [3.8, 4) is 0 Å². The lowest BCUT2D eigenvalue weighted by atomic mass is 10.1. The molecular weight excluding hydrogens is 254 g/mol. The van der Waals surface area contributed by atoms with Crippen molar-refractivity contribution in [2.45, 2.75) is 32.6 Å². The molecule has 1 N–H and O–H groups in total. The minimum Gasteiger partial charge on any atom is -0.356 e. The van der Waals surface area contributed by atoms with Gasteiger partial charge in [-0.15, -0.1) is 0 Å². The normalized spacial score (nSPS) is 34.7. The summed E-state index contributed by atoms with van der Waals surface area (Å²) in [5.74, 6) is 2.79. The summed E-state index contributed by atoms with van der Waals surface area (Å²) in [5, 5.41) is 4.12. The van der Waals surface area contributed by atoms with Gasteiger partial charge in [0.05, 0.1) is 0 Å². The monoisotopic (exact) mass is 273 g/mol. The molecule has 2 aliphatic rings. The van der Waals surface area contributed by atoms with Crippen molar-refractivity contribution >= 4 is 21.8 Å². The van der Waals surface area contributed by atoms with Crippen LogP contribution >= 0.6 is 15.9 Å². The minimum absolute atomic E-state index is 0.325. The zero-order valence-electron chi connectivity index (χ0n) is 9.34. The molecule has 15 heavy (non-hydrogen) atoms. The van der Waals surface area contributed by atoms with E-state index in [0.717, 1.165) is 30.1 Å². The molecule has 3 atom stereocenters. The smallest absolute Gasteiger partial charge is 0.223 e. The summed E-state index contributed by atoms with van der Waals surface area (Å²) in [7, 11) is 0. The van der Waals surface area contributed by atoms with Crippen molar-refractivity contribution in [1.82, 2.24) is 5.32 Å². The number of rotatable bonds is 5. The fourth-order valence-electron chi connectivity index (χ4n) is 2.89. The third-order valence-electron chi connectivity index (χ3n) is 3.94. The second-order valence-electron chi connectivity index (χ2n) is 5.11. The van der Waals surface area contributed by atoms with Gasteiger partial charge in [0.15, 0.2) is 0 Å². The Bertz CT molecular complexity index is 234. The van der Waals surface area contributed by atoms with Gasteiger partial charge in [0.25, 0.3) is 0 Å². The van der Waals surface area contributed by atoms with Gasteiger partial charge in [-0.1, -0.05) is 29.3 Å². The van der Waals surface area contributed by atoms with E-state index in [0.29, 0.717) is 17.7 Å². The van der Waals surface area contributed by atoms with Gasteiger partial charge in [-0.3, -0.25) is 4.79 Å². The Kier molecular flexibility index (Phi) is 3.70. The fourth-order valence-corrected chi connectivity index (χ4v) is 3.67. The SMILES string of the molecule is CC(CCBr)CNC(=O)C1C2CCCC21. The molecule has 0 spiro atoms. The Morgan fingerprint density at radius 3 is 2.73 bits per heavy atom. The van der Waals surface area contributed by atoms with Gasteiger partial charge >= 0.3 is 0 Å². The molecule has 2 nitrogen and oxygen atoms in total. The number of amides is 1. The molecule has 2 rings (SSSR count). The minimum atomic E-state index is 0.325. The second kappa shape index (κ2) is 4.86. The predicted octanol–water partition coefficient (Wildman–Crippen LogP) is 2.57. The van der Waals surface area contributed by atoms with Crippen LogP contribution in [0.2, 0.25) is 0 Å². The highest BCUT2D eigenvalue weighted by Crippen LogP contribution is 2.57. The van der Waals surface area contributed by atoms with Crippen molar-refractivity contribution in [3.05, 3.63) is 0 Å². The van der Waals surface area contributed by atoms with E-state index >= 15 is 0 Å². The van der Waals surface area contributed by atoms with Crippen molar-refractivity contribution in [2.24, 2.45) is 23.7 Å². The third-order valence-corrected chi connectivity index (χ3v) is 4.39. The summed E-state index contributed by atoms with van der Waals surface area (Å²) < 4.78 is 0. The van der Waals surface area contributed by atoms with Gasteiger partial charge in [-0.25, -0.2) is 0 Å². The molecule has 2 fully saturated rings. The Labute approximate surface area is 100 Å². The van der Waals surface area contributed by atoms with Crippen molar-refractivity contribution < 1.29 is 4.79 Å². The van der Waals surface area contributed by atoms with Crippen LogP contribution in [0.3, 0.4) is 0 Å². The lowest BCUT2D eigenvalue weighted by Gasteiger charge is -2.11. The first-order valence-corrected chi connectivity index (χ1v) is 7.20. The number of hydrogen-bond acceptors (Lipinski definition) is 1. The summed E-state index contributed by atoms with van der Waals surface area (Å²) >= 11 is 3.43. The van der Waals surface area contributed by atoms with E-state index in [9.17, 15) is 4.79 Å². The molecule has 0 aromatic rings. The molecule has 0 aliphatic heterocycles. The molecule has 3 unspecified atom stereocenters. The van der Waals surface area contributed by atoms with Crippen molar-refractivity contribution in [1.29, 1.82) is 0 Å². The second-order valence-corrected chi connectivity index (χ2v) is 5.91. The summed E-state index contributed by atoms with van der Waals surface area (Å²) in [6.45, 7) is 3.04. The van der Waals surface area contributed by atoms with Crippen LogP contribution in [0.25, 0.3) is 0 Å². The predicted molar refractivity (Wildman–Crippen MR) is 64.9 cm³/mol. The fraction of sp³-hybridized carbons (Fsp3) is 0.917. The quantitative estimate of drug-likeness (QED) is 0.767. The van der Waals surface area contributed by atoms with Gasteiger partial charge in [0.2, 0.25) is 5.91 Å². The number of alkyl halides is 1. The topological polar surface area (TPSA) is 29.1 Å². The van der Waals surface area contributed by atoms with Crippen LogP contribution in [-0.4, -0.2) is 17.8 Å². The maximum absolute atomic E-state index is 11.8. The summed E-state index contributed by atoms with van der Waals surface area (Å²) in [4.78, 5) is 11.8. The molecule has 0 bridgehead atoms. The average Bonchev–Trinajstić information content (AvgIpc) is 2.69. The van der Waals surface area contributed by atoms with Crippen LogP contribution in [0.15, 0.2) is 0 Å². The average molecular weight is 274 g/mol. The first-order chi connectivity index (χ1) is 7.24. The number of carbonyl (C=O) groups is 1. The number of fused-ring (bicyclic) bond motifs is 1. The zero-order valence-corrected chi connectivity index (χ0v) is 10.9. The molecule has 0 aromatic heterocycles. The number of halogens is 1. The summed E-state index contributed by atoms with van der Waals surface area (Å²) in [5.41, 5.74) is 0. The molecule has 86 valence electrons. The first-order valence-electron chi connectivity index (χ1n) is 6.07. The molecule has 1 amide bonds. The standard InChI is InChI=1S/C12H20BrNO/c1-8(5-6-13)7-14-12(15)11-9-3-2-4-10(9)11/h8-11H,2-7H2,1H3,(H,14,15). The van der Waals surface area contributed by atoms with E-state index in [1.165, 1.54) is 19.3 Å². The van der Waals surface area contributed by atoms with Crippen LogP contribution in [0.1, 0.15) is 32.6 Å². The molecule has 0 aromatic carbocycles. The first kappa shape index (κ1) is 11.4. The van der Waals surface area contributed by atoms with E-state index in [1.807, 2.05) is 0 Å². The third kappa shape index (κ3) is 2.55. The molecule has 2 aliphatic carbocycles. The molecule has 3 heteroatoms. The van der Waals surface area contributed by atoms with Crippen molar-refractivity contribution in [3.63, 3.8) is 0 Å². The highest BCUT2D eigenvalue weighted by molar-refractivity contribution is 9.09. The van der Waals surface area contributed by atoms with Crippen LogP contribution in [0.5, 0.6) is 0 Å².